The van der Waals surface area contributed by atoms with Crippen molar-refractivity contribution >= 4 is 0 Å². The third-order valence-electron chi connectivity index (χ3n) is 2.64. The van der Waals surface area contributed by atoms with E-state index in [1.807, 2.05) is 30.3 Å². The molecule has 0 radical (unpaired) electrons. The van der Waals surface area contributed by atoms with E-state index in [4.69, 9.17) is 9.47 Å². The number of aliphatic hydroxyl groups is 1. The van der Waals surface area contributed by atoms with E-state index in [-0.39, 0.29) is 12.2 Å². The molecule has 2 rings (SSSR count). The molecule has 1 aliphatic carbocycles. The fraction of sp³-hybridized carbons (Fsp3) is 0.385. The molecule has 1 N–H and O–H groups in total. The van der Waals surface area contributed by atoms with Crippen LogP contribution in [-0.4, -0.2) is 24.4 Å². The molecule has 0 heterocycles. The Hall–Kier alpha value is -1.32. The van der Waals surface area contributed by atoms with Crippen LogP contribution < -0.4 is 4.74 Å². The maximum absolute atomic E-state index is 9.28. The molecule has 2 unspecified atom stereocenters. The molecule has 1 aliphatic rings. The Labute approximate surface area is 95.3 Å². The Kier molecular flexibility index (Phi) is 3.59. The van der Waals surface area contributed by atoms with Crippen LogP contribution in [0.4, 0.5) is 0 Å². The van der Waals surface area contributed by atoms with Gasteiger partial charge in [-0.25, -0.2) is 0 Å². The van der Waals surface area contributed by atoms with Crippen LogP contribution in [0.5, 0.6) is 5.75 Å². The molecule has 0 saturated heterocycles. The number of aliphatic hydroxyl groups excluding tert-OH is 1. The lowest BCUT2D eigenvalue weighted by atomic mass is 10.2. The zero-order chi connectivity index (χ0) is 11.4. The van der Waals surface area contributed by atoms with Gasteiger partial charge in [-0.3, -0.25) is 0 Å². The molecule has 0 spiro atoms. The molecule has 0 saturated carbocycles. The van der Waals surface area contributed by atoms with Crippen molar-refractivity contribution in [1.82, 2.24) is 0 Å². The number of hydrogen-bond acceptors (Lipinski definition) is 3. The third-order valence-corrected chi connectivity index (χ3v) is 2.64. The highest BCUT2D eigenvalue weighted by Crippen LogP contribution is 2.17. The molecular formula is C13H16O3. The van der Waals surface area contributed by atoms with Gasteiger partial charge in [0.25, 0.3) is 0 Å². The van der Waals surface area contributed by atoms with Crippen LogP contribution in [0.25, 0.3) is 0 Å². The van der Waals surface area contributed by atoms with Crippen molar-refractivity contribution in [2.75, 3.05) is 7.11 Å². The minimum Gasteiger partial charge on any atom is -0.497 e. The first-order chi connectivity index (χ1) is 7.78. The smallest absolute Gasteiger partial charge is 0.118 e. The summed E-state index contributed by atoms with van der Waals surface area (Å²) in [6.45, 7) is 0.561. The van der Waals surface area contributed by atoms with Crippen molar-refractivity contribution in [3.8, 4) is 5.75 Å². The molecule has 0 fully saturated rings. The highest BCUT2D eigenvalue weighted by Gasteiger charge is 2.16. The first-order valence-corrected chi connectivity index (χ1v) is 5.39. The van der Waals surface area contributed by atoms with Crippen molar-refractivity contribution in [2.24, 2.45) is 0 Å². The Morgan fingerprint density at radius 2 is 2.00 bits per heavy atom. The van der Waals surface area contributed by atoms with Crippen molar-refractivity contribution < 1.29 is 14.6 Å². The largest absolute Gasteiger partial charge is 0.497 e. The Morgan fingerprint density at radius 3 is 2.56 bits per heavy atom. The predicted molar refractivity (Wildman–Crippen MR) is 61.3 cm³/mol. The monoisotopic (exact) mass is 220 g/mol. The SMILES string of the molecule is COc1ccc(COC2C=CC(O)C2)cc1. The summed E-state index contributed by atoms with van der Waals surface area (Å²) >= 11 is 0. The predicted octanol–water partition coefficient (Wildman–Crippen LogP) is 1.90. The lowest BCUT2D eigenvalue weighted by molar-refractivity contribution is 0.0528. The van der Waals surface area contributed by atoms with Gasteiger partial charge in [0.15, 0.2) is 0 Å². The highest BCUT2D eigenvalue weighted by atomic mass is 16.5. The Bertz CT molecular complexity index is 356. The standard InChI is InChI=1S/C13H16O3/c1-15-12-5-2-10(3-6-12)9-16-13-7-4-11(14)8-13/h2-7,11,13-14H,8-9H2,1H3. The lowest BCUT2D eigenvalue weighted by Crippen LogP contribution is -2.10. The minimum atomic E-state index is -0.346. The van der Waals surface area contributed by atoms with Crippen molar-refractivity contribution in [3.63, 3.8) is 0 Å². The van der Waals surface area contributed by atoms with E-state index >= 15 is 0 Å². The van der Waals surface area contributed by atoms with Crippen LogP contribution in [0.15, 0.2) is 36.4 Å². The van der Waals surface area contributed by atoms with E-state index in [9.17, 15) is 5.11 Å². The van der Waals surface area contributed by atoms with Gasteiger partial charge in [0, 0.05) is 6.42 Å². The molecule has 16 heavy (non-hydrogen) atoms. The van der Waals surface area contributed by atoms with Crippen molar-refractivity contribution in [2.45, 2.75) is 25.2 Å². The Balaban J connectivity index is 1.83. The van der Waals surface area contributed by atoms with Gasteiger partial charge in [-0.05, 0) is 17.7 Å². The molecule has 86 valence electrons. The van der Waals surface area contributed by atoms with E-state index in [0.717, 1.165) is 11.3 Å². The molecule has 3 nitrogen and oxygen atoms in total. The summed E-state index contributed by atoms with van der Waals surface area (Å²) in [5.74, 6) is 0.847. The van der Waals surface area contributed by atoms with E-state index in [1.54, 1.807) is 13.2 Å². The van der Waals surface area contributed by atoms with Gasteiger partial charge in [-0.1, -0.05) is 24.3 Å². The van der Waals surface area contributed by atoms with Crippen LogP contribution in [0.3, 0.4) is 0 Å². The highest BCUT2D eigenvalue weighted by molar-refractivity contribution is 5.26. The molecule has 2 atom stereocenters. The second kappa shape index (κ2) is 5.14. The normalized spacial score (nSPS) is 23.6. The minimum absolute atomic E-state index is 0.0390. The van der Waals surface area contributed by atoms with Crippen LogP contribution in [0.1, 0.15) is 12.0 Å². The van der Waals surface area contributed by atoms with Crippen LogP contribution in [-0.2, 0) is 11.3 Å². The van der Waals surface area contributed by atoms with Crippen LogP contribution in [0.2, 0.25) is 0 Å². The number of methoxy groups -OCH3 is 1. The first-order valence-electron chi connectivity index (χ1n) is 5.39. The average molecular weight is 220 g/mol. The zero-order valence-corrected chi connectivity index (χ0v) is 9.30. The van der Waals surface area contributed by atoms with E-state index in [2.05, 4.69) is 0 Å². The fourth-order valence-corrected chi connectivity index (χ4v) is 1.70. The quantitative estimate of drug-likeness (QED) is 0.788. The van der Waals surface area contributed by atoms with Gasteiger partial charge in [-0.15, -0.1) is 0 Å². The maximum atomic E-state index is 9.28. The molecule has 1 aromatic rings. The lowest BCUT2D eigenvalue weighted by Gasteiger charge is -2.11. The summed E-state index contributed by atoms with van der Waals surface area (Å²) in [7, 11) is 1.65. The second-order valence-electron chi connectivity index (χ2n) is 3.89. The fourth-order valence-electron chi connectivity index (χ4n) is 1.70. The zero-order valence-electron chi connectivity index (χ0n) is 9.30. The summed E-state index contributed by atoms with van der Waals surface area (Å²) < 4.78 is 10.7. The number of rotatable bonds is 4. The number of ether oxygens (including phenoxy) is 2. The molecule has 1 aromatic carbocycles. The Morgan fingerprint density at radius 1 is 1.25 bits per heavy atom. The number of hydrogen-bond donors (Lipinski definition) is 1. The molecule has 0 bridgehead atoms. The van der Waals surface area contributed by atoms with Gasteiger partial charge in [0.1, 0.15) is 5.75 Å². The summed E-state index contributed by atoms with van der Waals surface area (Å²) in [6.07, 6.45) is 4.04. The van der Waals surface area contributed by atoms with E-state index in [1.165, 1.54) is 0 Å². The second-order valence-corrected chi connectivity index (χ2v) is 3.89. The summed E-state index contributed by atoms with van der Waals surface area (Å²) in [6, 6.07) is 7.79. The number of benzene rings is 1. The first kappa shape index (κ1) is 11.2. The van der Waals surface area contributed by atoms with Gasteiger partial charge in [0.2, 0.25) is 0 Å². The third kappa shape index (κ3) is 2.84. The molecular weight excluding hydrogens is 204 g/mol. The van der Waals surface area contributed by atoms with E-state index in [0.29, 0.717) is 13.0 Å². The molecule has 0 amide bonds. The molecule has 3 heteroatoms. The van der Waals surface area contributed by atoms with Crippen molar-refractivity contribution in [1.29, 1.82) is 0 Å². The van der Waals surface area contributed by atoms with Crippen LogP contribution in [0, 0.1) is 0 Å². The summed E-state index contributed by atoms with van der Waals surface area (Å²) in [4.78, 5) is 0. The van der Waals surface area contributed by atoms with Gasteiger partial charge >= 0.3 is 0 Å². The van der Waals surface area contributed by atoms with Gasteiger partial charge < -0.3 is 14.6 Å². The maximum Gasteiger partial charge on any atom is 0.118 e. The average Bonchev–Trinajstić information content (AvgIpc) is 2.73. The summed E-state index contributed by atoms with van der Waals surface area (Å²) in [5.41, 5.74) is 1.11. The molecule has 0 aliphatic heterocycles. The van der Waals surface area contributed by atoms with Crippen molar-refractivity contribution in [3.05, 3.63) is 42.0 Å². The molecule has 0 aromatic heterocycles. The van der Waals surface area contributed by atoms with E-state index < -0.39 is 0 Å². The topological polar surface area (TPSA) is 38.7 Å². The van der Waals surface area contributed by atoms with Crippen LogP contribution >= 0.6 is 0 Å². The van der Waals surface area contributed by atoms with Gasteiger partial charge in [0.05, 0.1) is 25.9 Å². The summed E-state index contributed by atoms with van der Waals surface area (Å²) in [5, 5.41) is 9.28. The van der Waals surface area contributed by atoms with Gasteiger partial charge in [-0.2, -0.15) is 0 Å².